The molecule has 0 saturated carbocycles. The van der Waals surface area contributed by atoms with Crippen LogP contribution < -0.4 is 10.1 Å². The number of aromatic nitrogens is 2. The molecular formula is C62H48FIrN4SSi. The topological polar surface area (TPSA) is 43.1 Å². The molecule has 0 spiro atoms. The van der Waals surface area contributed by atoms with Crippen molar-refractivity contribution in [2.24, 2.45) is 0 Å². The van der Waals surface area contributed by atoms with Crippen molar-refractivity contribution >= 4 is 72.7 Å². The van der Waals surface area contributed by atoms with E-state index in [1.54, 1.807) is 29.7 Å². The Morgan fingerprint density at radius 3 is 2.11 bits per heavy atom. The maximum Gasteiger partial charge on any atom is 3.00 e. The molecule has 3 aromatic heterocycles. The summed E-state index contributed by atoms with van der Waals surface area (Å²) in [7, 11) is -1.81. The van der Waals surface area contributed by atoms with Gasteiger partial charge in [0, 0.05) is 47.7 Å². The molecule has 1 atom stereocenters. The maximum atomic E-state index is 13.0. The maximum absolute atomic E-state index is 13.0. The van der Waals surface area contributed by atoms with Crippen LogP contribution in [-0.4, -0.2) is 18.0 Å². The van der Waals surface area contributed by atoms with E-state index in [1.807, 2.05) is 48.5 Å². The largest absolute Gasteiger partial charge is 3.00 e. The monoisotopic (exact) mass is 1130 g/mol. The van der Waals surface area contributed by atoms with Crippen LogP contribution in [0.4, 0.5) is 21.5 Å². The fourth-order valence-corrected chi connectivity index (χ4v) is 11.7. The number of anilines is 2. The number of fused-ring (bicyclic) bond motifs is 6. The average Bonchev–Trinajstić information content (AvgIpc) is 4.02. The first-order valence-electron chi connectivity index (χ1n) is 25.4. The van der Waals surface area contributed by atoms with Gasteiger partial charge in [-0.05, 0) is 68.9 Å². The summed E-state index contributed by atoms with van der Waals surface area (Å²) in [6.45, 7) is 4.07. The summed E-state index contributed by atoms with van der Waals surface area (Å²) >= 11 is 1.59. The molecule has 8 heteroatoms. The van der Waals surface area contributed by atoms with E-state index >= 15 is 0 Å². The van der Waals surface area contributed by atoms with Crippen LogP contribution in [0.5, 0.6) is 0 Å². The molecule has 4 nitrogen and oxygen atoms in total. The quantitative estimate of drug-likeness (QED) is 0.112. The van der Waals surface area contributed by atoms with E-state index in [0.29, 0.717) is 28.1 Å². The van der Waals surface area contributed by atoms with Gasteiger partial charge >= 0.3 is 20.1 Å². The number of halogens is 1. The molecule has 4 heterocycles. The van der Waals surface area contributed by atoms with E-state index in [2.05, 4.69) is 163 Å². The molecule has 0 radical (unpaired) electrons. The van der Waals surface area contributed by atoms with Gasteiger partial charge in [-0.1, -0.05) is 182 Å². The van der Waals surface area contributed by atoms with Crippen molar-refractivity contribution in [3.8, 4) is 33.5 Å². The van der Waals surface area contributed by atoms with Crippen molar-refractivity contribution in [2.45, 2.75) is 39.0 Å². The van der Waals surface area contributed by atoms with Crippen LogP contribution in [0, 0.1) is 24.8 Å². The van der Waals surface area contributed by atoms with Gasteiger partial charge in [-0.3, -0.25) is 4.39 Å². The van der Waals surface area contributed by atoms with Crippen molar-refractivity contribution < 1.29 is 31.3 Å². The van der Waals surface area contributed by atoms with Gasteiger partial charge in [0.1, 0.15) is 4.83 Å². The van der Waals surface area contributed by atoms with Crippen molar-refractivity contribution in [1.29, 1.82) is 0 Å². The number of pyridine rings is 2. The molecule has 342 valence electrons. The van der Waals surface area contributed by atoms with Gasteiger partial charge in [0.25, 0.3) is 0 Å². The predicted octanol–water partition coefficient (Wildman–Crippen LogP) is 16.7. The minimum atomic E-state index is -2.19. The number of rotatable bonds is 8. The van der Waals surface area contributed by atoms with Gasteiger partial charge in [-0.2, -0.15) is 29.5 Å². The Bertz CT molecular complexity index is 3800. The normalized spacial score (nSPS) is 14.5. The summed E-state index contributed by atoms with van der Waals surface area (Å²) in [5, 5.41) is 10.7. The number of thiophene rings is 1. The van der Waals surface area contributed by atoms with E-state index in [-0.39, 0.29) is 25.9 Å². The first-order valence-corrected chi connectivity index (χ1v) is 27.2. The zero-order chi connectivity index (χ0) is 51.4. The van der Waals surface area contributed by atoms with Crippen LogP contribution in [0.25, 0.3) is 69.9 Å². The first-order chi connectivity index (χ1) is 35.6. The summed E-state index contributed by atoms with van der Waals surface area (Å²) in [5.74, 6) is -0.381. The van der Waals surface area contributed by atoms with Gasteiger partial charge in [0.15, 0.2) is 0 Å². The van der Waals surface area contributed by atoms with Crippen LogP contribution in [0.2, 0.25) is 19.6 Å². The fourth-order valence-electron chi connectivity index (χ4n) is 9.17. The zero-order valence-corrected chi connectivity index (χ0v) is 42.7. The van der Waals surface area contributed by atoms with Gasteiger partial charge in [-0.25, -0.2) is 4.98 Å². The number of para-hydroxylation sites is 1. The molecule has 70 heavy (non-hydrogen) atoms. The SMILES string of the molecule is [2H]C([2H])([2H])c1cc(-c2[c-]cc(F)cc2)ncc1[Si](C)(C)C.[2H]C([2H])(c1ccccc1)c1ccc2c(n1)sc1c(C3[N-]c4c(ccc5ccccc45)N3c3c(-c4ccccc4)cccc3-c3ccccc3)[c-]ccc12.[Ir+3]. The van der Waals surface area contributed by atoms with Crippen LogP contribution in [0.1, 0.15) is 35.4 Å². The summed E-state index contributed by atoms with van der Waals surface area (Å²) < 4.78 is 55.3. The van der Waals surface area contributed by atoms with E-state index in [9.17, 15) is 4.39 Å². The second kappa shape index (κ2) is 19.7. The predicted molar refractivity (Wildman–Crippen MR) is 291 cm³/mol. The Morgan fingerprint density at radius 1 is 0.729 bits per heavy atom. The van der Waals surface area contributed by atoms with Crippen LogP contribution in [-0.2, 0) is 26.5 Å². The Labute approximate surface area is 435 Å². The van der Waals surface area contributed by atoms with Gasteiger partial charge in [-0.15, -0.1) is 46.5 Å². The third-order valence-corrected chi connectivity index (χ3v) is 15.6. The Morgan fingerprint density at radius 2 is 1.43 bits per heavy atom. The number of aryl methyl sites for hydroxylation is 1. The molecule has 0 fully saturated rings. The van der Waals surface area contributed by atoms with Crippen molar-refractivity contribution in [3.63, 3.8) is 0 Å². The molecule has 11 aromatic rings. The van der Waals surface area contributed by atoms with Crippen molar-refractivity contribution in [3.05, 3.63) is 246 Å². The molecule has 8 aromatic carbocycles. The molecule has 1 aliphatic rings. The second-order valence-electron chi connectivity index (χ2n) is 18.0. The molecule has 0 N–H and O–H groups in total. The fraction of sp³-hybridized carbons (Fsp3) is 0.0968. The summed E-state index contributed by atoms with van der Waals surface area (Å²) in [6.07, 6.45) is -0.522. The Kier molecular flexibility index (Phi) is 11.5. The number of hydrogen-bond acceptors (Lipinski definition) is 4. The van der Waals surface area contributed by atoms with E-state index in [1.165, 1.54) is 12.1 Å². The molecule has 1 aliphatic heterocycles. The van der Waals surface area contributed by atoms with E-state index in [4.69, 9.17) is 17.2 Å². The molecule has 1 unspecified atom stereocenters. The molecule has 0 saturated heterocycles. The Balaban J connectivity index is 0.000000246. The molecule has 12 rings (SSSR count). The Hall–Kier alpha value is -7.06. The average molecular weight is 1130 g/mol. The van der Waals surface area contributed by atoms with Gasteiger partial charge in [0.2, 0.25) is 0 Å². The minimum Gasteiger partial charge on any atom is -0.661 e. The number of benzene rings is 8. The van der Waals surface area contributed by atoms with Crippen LogP contribution in [0.3, 0.4) is 0 Å². The zero-order valence-electron chi connectivity index (χ0n) is 43.5. The van der Waals surface area contributed by atoms with E-state index < -0.39 is 27.5 Å². The minimum absolute atomic E-state index is 0. The van der Waals surface area contributed by atoms with Crippen LogP contribution in [0.15, 0.2) is 200 Å². The molecule has 0 bridgehead atoms. The smallest absolute Gasteiger partial charge is 0.661 e. The van der Waals surface area contributed by atoms with Crippen molar-refractivity contribution in [2.75, 3.05) is 4.90 Å². The van der Waals surface area contributed by atoms with Crippen LogP contribution >= 0.6 is 11.3 Å². The second-order valence-corrected chi connectivity index (χ2v) is 24.1. The van der Waals surface area contributed by atoms with Gasteiger partial charge in [0.05, 0.1) is 13.8 Å². The molecule has 0 amide bonds. The standard InChI is InChI=1S/C47H31N3S.C15H17FNSi.Ir/c1-4-14-31(15-5-1)30-35-27-28-40-39-24-13-25-41(45(39)51-47(40)48-35)46-49-43-36-21-11-10-20-34(36)26-29-42(43)50(46)44-37(32-16-6-2-7-17-32)22-12-23-38(44)33-18-8-3-9-19-33;1-11-9-14(12-5-7-13(16)8-6-12)17-10-15(11)18(2,3)4;/h1-24,26-29,46H,30H2;5,7-10H,1-4H3;/q-2;-1;+3/i30D2;1D3;. The third kappa shape index (κ3) is 9.12. The van der Waals surface area contributed by atoms with Crippen molar-refractivity contribution in [1.82, 2.24) is 9.97 Å². The van der Waals surface area contributed by atoms with E-state index in [0.717, 1.165) is 81.1 Å². The summed E-state index contributed by atoms with van der Waals surface area (Å²) in [5.41, 5.74) is 10.9. The van der Waals surface area contributed by atoms with Gasteiger partial charge < -0.3 is 15.2 Å². The number of nitrogens with zero attached hydrogens (tertiary/aromatic N) is 4. The molecule has 0 aliphatic carbocycles. The molecular weight excluding hydrogens is 1070 g/mol. The summed E-state index contributed by atoms with van der Waals surface area (Å²) in [4.78, 5) is 12.5. The summed E-state index contributed by atoms with van der Waals surface area (Å²) in [6, 6.07) is 69.9. The number of hydrogen-bond donors (Lipinski definition) is 0. The third-order valence-electron chi connectivity index (χ3n) is 12.5. The first kappa shape index (κ1) is 40.8.